The molecular weight excluding hydrogens is 316 g/mol. The number of nitrogens with zero attached hydrogens (tertiary/aromatic N) is 3. The number of imidazole rings is 1. The first-order chi connectivity index (χ1) is 12.1. The number of aryl methyl sites for hydroxylation is 1. The minimum atomic E-state index is -0.319. The molecule has 1 saturated heterocycles. The number of morpholine rings is 1. The third kappa shape index (κ3) is 2.96. The molecule has 1 aliphatic carbocycles. The summed E-state index contributed by atoms with van der Waals surface area (Å²) in [5.74, 6) is 0.108. The van der Waals surface area contributed by atoms with Crippen molar-refractivity contribution in [2.45, 2.75) is 32.2 Å². The lowest BCUT2D eigenvalue weighted by molar-refractivity contribution is -0.124. The maximum absolute atomic E-state index is 12.8. The van der Waals surface area contributed by atoms with E-state index in [9.17, 15) is 4.79 Å². The molecule has 0 spiro atoms. The largest absolute Gasteiger partial charge is 0.379 e. The summed E-state index contributed by atoms with van der Waals surface area (Å²) in [7, 11) is 0. The van der Waals surface area contributed by atoms with Crippen molar-refractivity contribution in [3.8, 4) is 5.69 Å². The Kier molecular flexibility index (Phi) is 4.09. The van der Waals surface area contributed by atoms with E-state index in [0.29, 0.717) is 13.2 Å². The predicted octanol–water partition coefficient (Wildman–Crippen LogP) is 2.29. The fourth-order valence-electron chi connectivity index (χ4n) is 3.51. The number of hydrogen-bond acceptors (Lipinski definition) is 4. The first-order valence-corrected chi connectivity index (χ1v) is 8.85. The summed E-state index contributed by atoms with van der Waals surface area (Å²) >= 11 is 0. The molecule has 1 N–H and O–H groups in total. The van der Waals surface area contributed by atoms with Crippen molar-refractivity contribution in [1.82, 2.24) is 14.5 Å². The van der Waals surface area contributed by atoms with Crippen LogP contribution < -0.4 is 5.32 Å². The molecule has 0 radical (unpaired) electrons. The van der Waals surface area contributed by atoms with Crippen LogP contribution >= 0.6 is 0 Å². The molecule has 1 aromatic carbocycles. The Morgan fingerprint density at radius 2 is 1.84 bits per heavy atom. The van der Waals surface area contributed by atoms with Gasteiger partial charge >= 0.3 is 0 Å². The molecule has 1 aromatic heterocycles. The van der Waals surface area contributed by atoms with E-state index in [1.165, 1.54) is 0 Å². The summed E-state index contributed by atoms with van der Waals surface area (Å²) in [4.78, 5) is 19.4. The monoisotopic (exact) mass is 340 g/mol. The zero-order chi connectivity index (χ0) is 17.4. The molecule has 2 aliphatic rings. The first kappa shape index (κ1) is 16.3. The van der Waals surface area contributed by atoms with Gasteiger partial charge in [-0.3, -0.25) is 9.69 Å². The Labute approximate surface area is 147 Å². The number of rotatable bonds is 4. The molecule has 2 aromatic rings. The van der Waals surface area contributed by atoms with Crippen molar-refractivity contribution in [3.63, 3.8) is 0 Å². The average molecular weight is 340 g/mol. The molecule has 25 heavy (non-hydrogen) atoms. The van der Waals surface area contributed by atoms with Gasteiger partial charge in [0.05, 0.1) is 25.2 Å². The number of hydrogen-bond donors (Lipinski definition) is 1. The molecule has 4 rings (SSSR count). The Bertz CT molecular complexity index is 771. The summed E-state index contributed by atoms with van der Waals surface area (Å²) in [6, 6.07) is 7.94. The van der Waals surface area contributed by atoms with Crippen LogP contribution in [0.3, 0.4) is 0 Å². The van der Waals surface area contributed by atoms with E-state index < -0.39 is 0 Å². The van der Waals surface area contributed by atoms with Crippen molar-refractivity contribution < 1.29 is 9.53 Å². The smallest absolute Gasteiger partial charge is 0.244 e. The predicted molar refractivity (Wildman–Crippen MR) is 96.0 cm³/mol. The quantitative estimate of drug-likeness (QED) is 0.928. The van der Waals surface area contributed by atoms with Crippen molar-refractivity contribution >= 4 is 11.6 Å². The van der Waals surface area contributed by atoms with Crippen LogP contribution in [0, 0.1) is 13.8 Å². The third-order valence-corrected chi connectivity index (χ3v) is 5.42. The van der Waals surface area contributed by atoms with Gasteiger partial charge in [-0.2, -0.15) is 0 Å². The minimum Gasteiger partial charge on any atom is -0.379 e. The molecule has 0 unspecified atom stereocenters. The highest BCUT2D eigenvalue weighted by molar-refractivity contribution is 6.00. The SMILES string of the molecule is Cc1ncn(-c2ccc(NC(=O)C3(N4CCOCC4)CC3)cc2)c1C. The van der Waals surface area contributed by atoms with Crippen LogP contribution in [-0.4, -0.2) is 52.2 Å². The zero-order valence-corrected chi connectivity index (χ0v) is 14.8. The van der Waals surface area contributed by atoms with E-state index in [1.807, 2.05) is 37.5 Å². The van der Waals surface area contributed by atoms with E-state index >= 15 is 0 Å². The lowest BCUT2D eigenvalue weighted by Gasteiger charge is -2.33. The molecule has 2 heterocycles. The van der Waals surface area contributed by atoms with Crippen molar-refractivity contribution in [1.29, 1.82) is 0 Å². The highest BCUT2D eigenvalue weighted by atomic mass is 16.5. The summed E-state index contributed by atoms with van der Waals surface area (Å²) in [5, 5.41) is 3.09. The topological polar surface area (TPSA) is 59.4 Å². The zero-order valence-electron chi connectivity index (χ0n) is 14.8. The molecule has 0 bridgehead atoms. The fourth-order valence-corrected chi connectivity index (χ4v) is 3.51. The van der Waals surface area contributed by atoms with Gasteiger partial charge in [0.25, 0.3) is 0 Å². The number of nitrogens with one attached hydrogen (secondary N) is 1. The average Bonchev–Trinajstić information content (AvgIpc) is 3.39. The van der Waals surface area contributed by atoms with Crippen LogP contribution in [0.25, 0.3) is 5.69 Å². The van der Waals surface area contributed by atoms with Gasteiger partial charge in [0.15, 0.2) is 0 Å². The molecular formula is C19H24N4O2. The molecule has 1 amide bonds. The van der Waals surface area contributed by atoms with Crippen LogP contribution in [-0.2, 0) is 9.53 Å². The van der Waals surface area contributed by atoms with Crippen molar-refractivity contribution in [3.05, 3.63) is 42.0 Å². The second-order valence-electron chi connectivity index (χ2n) is 6.92. The molecule has 0 atom stereocenters. The number of carbonyl (C=O) groups is 1. The van der Waals surface area contributed by atoms with E-state index in [1.54, 1.807) is 0 Å². The van der Waals surface area contributed by atoms with E-state index in [2.05, 4.69) is 26.7 Å². The van der Waals surface area contributed by atoms with Gasteiger partial charge in [-0.1, -0.05) is 0 Å². The maximum atomic E-state index is 12.8. The number of aromatic nitrogens is 2. The molecule has 6 nitrogen and oxygen atoms in total. The molecule has 2 fully saturated rings. The van der Waals surface area contributed by atoms with Gasteiger partial charge in [0, 0.05) is 30.2 Å². The van der Waals surface area contributed by atoms with Crippen LogP contribution in [0.4, 0.5) is 5.69 Å². The Hall–Kier alpha value is -2.18. The Morgan fingerprint density at radius 1 is 1.16 bits per heavy atom. The van der Waals surface area contributed by atoms with Crippen LogP contribution in [0.5, 0.6) is 0 Å². The number of benzene rings is 1. The normalized spacial score (nSPS) is 19.6. The molecule has 6 heteroatoms. The Morgan fingerprint density at radius 3 is 2.40 bits per heavy atom. The molecule has 1 saturated carbocycles. The van der Waals surface area contributed by atoms with E-state index in [4.69, 9.17) is 4.74 Å². The van der Waals surface area contributed by atoms with Crippen molar-refractivity contribution in [2.75, 3.05) is 31.6 Å². The highest BCUT2D eigenvalue weighted by Crippen LogP contribution is 2.43. The lowest BCUT2D eigenvalue weighted by Crippen LogP contribution is -2.51. The standard InChI is InChI=1S/C19H24N4O2/c1-14-15(2)23(13-20-14)17-5-3-16(4-6-17)21-18(24)19(7-8-19)22-9-11-25-12-10-22/h3-6,13H,7-12H2,1-2H3,(H,21,24). The van der Waals surface area contributed by atoms with Crippen LogP contribution in [0.15, 0.2) is 30.6 Å². The van der Waals surface area contributed by atoms with Gasteiger partial charge in [0.1, 0.15) is 5.54 Å². The van der Waals surface area contributed by atoms with Crippen molar-refractivity contribution in [2.24, 2.45) is 0 Å². The fraction of sp³-hybridized carbons (Fsp3) is 0.474. The summed E-state index contributed by atoms with van der Waals surface area (Å²) in [6.45, 7) is 7.16. The maximum Gasteiger partial charge on any atom is 0.244 e. The summed E-state index contributed by atoms with van der Waals surface area (Å²) in [5.41, 5.74) is 3.72. The van der Waals surface area contributed by atoms with Gasteiger partial charge in [-0.15, -0.1) is 0 Å². The minimum absolute atomic E-state index is 0.108. The van der Waals surface area contributed by atoms with E-state index in [-0.39, 0.29) is 11.4 Å². The van der Waals surface area contributed by atoms with Crippen LogP contribution in [0.1, 0.15) is 24.2 Å². The molecule has 132 valence electrons. The second kappa shape index (κ2) is 6.28. The number of amides is 1. The Balaban J connectivity index is 1.46. The van der Waals surface area contributed by atoms with Crippen LogP contribution in [0.2, 0.25) is 0 Å². The van der Waals surface area contributed by atoms with Gasteiger partial charge in [-0.05, 0) is 51.0 Å². The number of ether oxygens (including phenoxy) is 1. The molecule has 1 aliphatic heterocycles. The van der Waals surface area contributed by atoms with E-state index in [0.717, 1.165) is 48.7 Å². The first-order valence-electron chi connectivity index (χ1n) is 8.85. The van der Waals surface area contributed by atoms with Gasteiger partial charge in [-0.25, -0.2) is 4.98 Å². The summed E-state index contributed by atoms with van der Waals surface area (Å²) < 4.78 is 7.46. The van der Waals surface area contributed by atoms with Gasteiger partial charge in [0.2, 0.25) is 5.91 Å². The highest BCUT2D eigenvalue weighted by Gasteiger charge is 2.54. The summed E-state index contributed by atoms with van der Waals surface area (Å²) in [6.07, 6.45) is 3.70. The van der Waals surface area contributed by atoms with Gasteiger partial charge < -0.3 is 14.6 Å². The third-order valence-electron chi connectivity index (χ3n) is 5.42. The number of carbonyl (C=O) groups excluding carboxylic acids is 1. The number of anilines is 1. The second-order valence-corrected chi connectivity index (χ2v) is 6.92. The lowest BCUT2D eigenvalue weighted by atomic mass is 10.1.